The number of nitrogens with zero attached hydrogens (tertiary/aromatic N) is 2. The van der Waals surface area contributed by atoms with E-state index in [9.17, 15) is 9.18 Å². The van der Waals surface area contributed by atoms with Crippen molar-refractivity contribution >= 4 is 17.3 Å². The molecule has 0 aromatic heterocycles. The van der Waals surface area contributed by atoms with Gasteiger partial charge in [0, 0.05) is 31.9 Å². The molecule has 0 saturated carbocycles. The molecule has 6 heteroatoms. The maximum atomic E-state index is 13.0. The minimum absolute atomic E-state index is 0.0487. The van der Waals surface area contributed by atoms with Gasteiger partial charge in [0.1, 0.15) is 11.6 Å². The number of rotatable bonds is 6. The lowest BCUT2D eigenvalue weighted by Crippen LogP contribution is -2.48. The van der Waals surface area contributed by atoms with E-state index in [1.54, 1.807) is 12.1 Å². The number of para-hydroxylation sites is 2. The normalized spacial score (nSPS) is 14.9. The number of carbonyl (C=O) groups is 1. The van der Waals surface area contributed by atoms with Gasteiger partial charge in [-0.2, -0.15) is 0 Å². The van der Waals surface area contributed by atoms with Crippen molar-refractivity contribution in [3.63, 3.8) is 0 Å². The van der Waals surface area contributed by atoms with E-state index in [2.05, 4.69) is 15.1 Å². The van der Waals surface area contributed by atoms with Gasteiger partial charge in [0.05, 0.1) is 18.8 Å². The Morgan fingerprint density at radius 1 is 1.08 bits per heavy atom. The van der Waals surface area contributed by atoms with Crippen molar-refractivity contribution in [2.75, 3.05) is 49.5 Å². The van der Waals surface area contributed by atoms with E-state index in [4.69, 9.17) is 4.74 Å². The summed E-state index contributed by atoms with van der Waals surface area (Å²) in [7, 11) is 0. The largest absolute Gasteiger partial charge is 0.492 e. The lowest BCUT2D eigenvalue weighted by Gasteiger charge is -2.35. The minimum atomic E-state index is -0.226. The molecule has 138 valence electrons. The highest BCUT2D eigenvalue weighted by molar-refractivity contribution is 5.93. The van der Waals surface area contributed by atoms with Crippen molar-refractivity contribution in [1.29, 1.82) is 0 Å². The van der Waals surface area contributed by atoms with Crippen LogP contribution in [0.3, 0.4) is 0 Å². The van der Waals surface area contributed by atoms with Crippen LogP contribution in [-0.2, 0) is 4.79 Å². The van der Waals surface area contributed by atoms with E-state index in [-0.39, 0.29) is 11.7 Å². The summed E-state index contributed by atoms with van der Waals surface area (Å²) in [6.45, 7) is 6.02. The Morgan fingerprint density at radius 3 is 2.46 bits per heavy atom. The fourth-order valence-corrected chi connectivity index (χ4v) is 3.06. The molecule has 0 atom stereocenters. The fraction of sp³-hybridized carbons (Fsp3) is 0.350. The molecule has 1 aliphatic heterocycles. The van der Waals surface area contributed by atoms with Crippen LogP contribution in [0.15, 0.2) is 48.5 Å². The number of hydrogen-bond acceptors (Lipinski definition) is 4. The average Bonchev–Trinajstić information content (AvgIpc) is 2.65. The van der Waals surface area contributed by atoms with E-state index in [1.165, 1.54) is 12.1 Å². The maximum Gasteiger partial charge on any atom is 0.238 e. The topological polar surface area (TPSA) is 44.8 Å². The number of amides is 1. The van der Waals surface area contributed by atoms with E-state index < -0.39 is 0 Å². The monoisotopic (exact) mass is 357 g/mol. The molecule has 1 amide bonds. The summed E-state index contributed by atoms with van der Waals surface area (Å²) in [6, 6.07) is 14.0. The first kappa shape index (κ1) is 18.2. The zero-order valence-corrected chi connectivity index (χ0v) is 15.0. The van der Waals surface area contributed by atoms with Crippen molar-refractivity contribution in [2.24, 2.45) is 0 Å². The number of piperazine rings is 1. The van der Waals surface area contributed by atoms with Crippen molar-refractivity contribution in [2.45, 2.75) is 6.92 Å². The number of carbonyl (C=O) groups excluding carboxylic acids is 1. The zero-order valence-electron chi connectivity index (χ0n) is 15.0. The highest BCUT2D eigenvalue weighted by Crippen LogP contribution is 2.23. The molecule has 0 unspecified atom stereocenters. The Morgan fingerprint density at radius 2 is 1.77 bits per heavy atom. The Balaban J connectivity index is 1.50. The smallest absolute Gasteiger partial charge is 0.238 e. The fourth-order valence-electron chi connectivity index (χ4n) is 3.06. The van der Waals surface area contributed by atoms with Gasteiger partial charge in [0.25, 0.3) is 0 Å². The van der Waals surface area contributed by atoms with Crippen LogP contribution in [0.2, 0.25) is 0 Å². The Labute approximate surface area is 153 Å². The Kier molecular flexibility index (Phi) is 6.07. The zero-order chi connectivity index (χ0) is 18.4. The number of anilines is 2. The summed E-state index contributed by atoms with van der Waals surface area (Å²) in [5, 5.41) is 2.93. The average molecular weight is 357 g/mol. The standard InChI is InChI=1S/C20H24FN3O2/c1-2-26-19-6-4-3-5-18(19)22-20(25)15-23-11-13-24(14-12-23)17-9-7-16(21)8-10-17/h3-10H,2,11-15H2,1H3,(H,22,25). The van der Waals surface area contributed by atoms with Crippen LogP contribution in [0.1, 0.15) is 6.92 Å². The van der Waals surface area contributed by atoms with Crippen LogP contribution >= 0.6 is 0 Å². The summed E-state index contributed by atoms with van der Waals surface area (Å²) >= 11 is 0. The number of nitrogens with one attached hydrogen (secondary N) is 1. The molecule has 1 heterocycles. The van der Waals surface area contributed by atoms with Gasteiger partial charge < -0.3 is 15.0 Å². The van der Waals surface area contributed by atoms with Crippen LogP contribution < -0.4 is 15.0 Å². The van der Waals surface area contributed by atoms with Gasteiger partial charge in [-0.05, 0) is 43.3 Å². The van der Waals surface area contributed by atoms with Gasteiger partial charge >= 0.3 is 0 Å². The van der Waals surface area contributed by atoms with Crippen LogP contribution in [0.5, 0.6) is 5.75 Å². The molecule has 0 aliphatic carbocycles. The number of hydrogen-bond donors (Lipinski definition) is 1. The molecule has 1 N–H and O–H groups in total. The highest BCUT2D eigenvalue weighted by Gasteiger charge is 2.19. The quantitative estimate of drug-likeness (QED) is 0.863. The summed E-state index contributed by atoms with van der Waals surface area (Å²) in [6.07, 6.45) is 0. The third kappa shape index (κ3) is 4.73. The third-order valence-corrected chi connectivity index (χ3v) is 4.39. The van der Waals surface area contributed by atoms with Gasteiger partial charge in [0.15, 0.2) is 0 Å². The van der Waals surface area contributed by atoms with Crippen LogP contribution in [0, 0.1) is 5.82 Å². The van der Waals surface area contributed by atoms with Gasteiger partial charge in [-0.1, -0.05) is 12.1 Å². The number of ether oxygens (including phenoxy) is 1. The minimum Gasteiger partial charge on any atom is -0.492 e. The van der Waals surface area contributed by atoms with E-state index in [0.717, 1.165) is 31.9 Å². The molecule has 0 radical (unpaired) electrons. The molecule has 26 heavy (non-hydrogen) atoms. The summed E-state index contributed by atoms with van der Waals surface area (Å²) in [4.78, 5) is 16.7. The molecular weight excluding hydrogens is 333 g/mol. The first-order valence-corrected chi connectivity index (χ1v) is 8.90. The molecule has 0 bridgehead atoms. The highest BCUT2D eigenvalue weighted by atomic mass is 19.1. The second-order valence-corrected chi connectivity index (χ2v) is 6.22. The van der Waals surface area contributed by atoms with E-state index in [1.807, 2.05) is 31.2 Å². The predicted octanol–water partition coefficient (Wildman–Crippen LogP) is 2.99. The second kappa shape index (κ2) is 8.67. The number of halogens is 1. The van der Waals surface area contributed by atoms with Gasteiger partial charge in [-0.25, -0.2) is 4.39 Å². The van der Waals surface area contributed by atoms with Crippen LogP contribution in [0.25, 0.3) is 0 Å². The maximum absolute atomic E-state index is 13.0. The molecular formula is C20H24FN3O2. The lowest BCUT2D eigenvalue weighted by molar-refractivity contribution is -0.117. The van der Waals surface area contributed by atoms with Crippen LogP contribution in [0.4, 0.5) is 15.8 Å². The summed E-state index contributed by atoms with van der Waals surface area (Å²) in [5.41, 5.74) is 1.71. The summed E-state index contributed by atoms with van der Waals surface area (Å²) < 4.78 is 18.6. The Hall–Kier alpha value is -2.60. The van der Waals surface area contributed by atoms with E-state index in [0.29, 0.717) is 24.6 Å². The van der Waals surface area contributed by atoms with Crippen molar-refractivity contribution in [3.8, 4) is 5.75 Å². The SMILES string of the molecule is CCOc1ccccc1NC(=O)CN1CCN(c2ccc(F)cc2)CC1. The van der Waals surface area contributed by atoms with Gasteiger partial charge in [0.2, 0.25) is 5.91 Å². The molecule has 5 nitrogen and oxygen atoms in total. The summed E-state index contributed by atoms with van der Waals surface area (Å²) in [5.74, 6) is 0.410. The molecule has 2 aromatic carbocycles. The molecule has 0 spiro atoms. The Bertz CT molecular complexity index is 728. The first-order valence-electron chi connectivity index (χ1n) is 8.90. The van der Waals surface area contributed by atoms with Gasteiger partial charge in [-0.3, -0.25) is 9.69 Å². The van der Waals surface area contributed by atoms with Crippen molar-refractivity contribution in [3.05, 3.63) is 54.3 Å². The molecule has 1 aliphatic rings. The number of benzene rings is 2. The van der Waals surface area contributed by atoms with Crippen molar-refractivity contribution < 1.29 is 13.9 Å². The molecule has 2 aromatic rings. The molecule has 3 rings (SSSR count). The van der Waals surface area contributed by atoms with Crippen molar-refractivity contribution in [1.82, 2.24) is 4.90 Å². The first-order chi connectivity index (χ1) is 12.7. The molecule has 1 fully saturated rings. The van der Waals surface area contributed by atoms with Crippen LogP contribution in [-0.4, -0.2) is 50.1 Å². The second-order valence-electron chi connectivity index (χ2n) is 6.22. The van der Waals surface area contributed by atoms with E-state index >= 15 is 0 Å². The lowest BCUT2D eigenvalue weighted by atomic mass is 10.2. The molecule has 1 saturated heterocycles. The van der Waals surface area contributed by atoms with Gasteiger partial charge in [-0.15, -0.1) is 0 Å². The third-order valence-electron chi connectivity index (χ3n) is 4.39. The predicted molar refractivity (Wildman–Crippen MR) is 101 cm³/mol.